The molecule has 1 N–H and O–H groups in total. The maximum Gasteiger partial charge on any atom is 0.238 e. The molecule has 129 valence electrons. The van der Waals surface area contributed by atoms with Crippen LogP contribution in [0.5, 0.6) is 0 Å². The molecule has 0 aromatic rings. The number of unbranched alkanes of at least 4 members (excludes halogenated alkanes) is 3. The summed E-state index contributed by atoms with van der Waals surface area (Å²) in [5.74, 6) is 0. The fraction of sp³-hybridized carbons (Fsp3) is 0.611. The Bertz CT molecular complexity index is 402. The van der Waals surface area contributed by atoms with E-state index >= 15 is 0 Å². The minimum absolute atomic E-state index is 0.311. The highest BCUT2D eigenvalue weighted by Crippen LogP contribution is 2.08. The van der Waals surface area contributed by atoms with E-state index in [9.17, 15) is 20.0 Å². The zero-order valence-corrected chi connectivity index (χ0v) is 13.9. The van der Waals surface area contributed by atoms with E-state index in [1.165, 1.54) is 0 Å². The van der Waals surface area contributed by atoms with Gasteiger partial charge in [0.05, 0.1) is 0 Å². The molecule has 5 nitrogen and oxygen atoms in total. The Labute approximate surface area is 138 Å². The average molecular weight is 322 g/mol. The molecule has 0 fully saturated rings. The van der Waals surface area contributed by atoms with Gasteiger partial charge in [-0.05, 0) is 38.5 Å². The van der Waals surface area contributed by atoms with E-state index in [0.29, 0.717) is 19.3 Å². The van der Waals surface area contributed by atoms with E-state index in [0.717, 1.165) is 32.1 Å². The molecule has 0 aliphatic heterocycles. The number of hydrogen-bond acceptors (Lipinski definition) is 4. The Kier molecular flexibility index (Phi) is 14.0. The molecule has 0 aromatic carbocycles. The van der Waals surface area contributed by atoms with Gasteiger partial charge in [-0.2, -0.15) is 0 Å². The van der Waals surface area contributed by atoms with Gasteiger partial charge >= 0.3 is 0 Å². The molecule has 5 heteroatoms. The summed E-state index contributed by atoms with van der Waals surface area (Å²) in [6.45, 7) is 1.71. The molecule has 0 amide bonds. The third-order valence-corrected chi connectivity index (χ3v) is 3.45. The second-order valence-electron chi connectivity index (χ2n) is 5.34. The Balaban J connectivity index is 3.71. The number of carbonyl (C=O) groups excluding carboxylic acids is 1. The minimum atomic E-state index is -0.921. The fourth-order valence-corrected chi connectivity index (χ4v) is 2.07. The summed E-state index contributed by atoms with van der Waals surface area (Å²) in [5, 5.41) is 20.4. The number of aliphatic hydroxyl groups excluding tert-OH is 1. The van der Waals surface area contributed by atoms with Crippen LogP contribution in [-0.4, -0.2) is 28.5 Å². The van der Waals surface area contributed by atoms with Gasteiger partial charge in [-0.3, -0.25) is 14.9 Å². The number of hydrogen-bond donors (Lipinski definition) is 1. The summed E-state index contributed by atoms with van der Waals surface area (Å²) >= 11 is 0. The fourth-order valence-electron chi connectivity index (χ4n) is 2.07. The van der Waals surface area contributed by atoms with Crippen molar-refractivity contribution < 1.29 is 14.8 Å². The summed E-state index contributed by atoms with van der Waals surface area (Å²) in [7, 11) is 0. The maximum absolute atomic E-state index is 10.7. The van der Waals surface area contributed by atoms with Gasteiger partial charge in [0.25, 0.3) is 0 Å². The first-order chi connectivity index (χ1) is 11.1. The van der Waals surface area contributed by atoms with Crippen LogP contribution in [0.3, 0.4) is 0 Å². The van der Waals surface area contributed by atoms with Crippen LogP contribution < -0.4 is 0 Å². The standard InChI is InChI=1S/C18H28NO4/c1-2-17(19(22)23)18(21)15-13-11-9-7-5-3-4-6-8-10-12-14-16-20/h4-7,11,13,17-18,21H,2-3,8-10,12,14-15H2,1H3/b6-4-,7-5-,13-11-. The maximum atomic E-state index is 10.7. The molecule has 0 heterocycles. The van der Waals surface area contributed by atoms with Gasteiger partial charge in [0.15, 0.2) is 6.29 Å². The Morgan fingerprint density at radius 2 is 1.70 bits per heavy atom. The highest BCUT2D eigenvalue weighted by Gasteiger charge is 2.26. The van der Waals surface area contributed by atoms with E-state index in [1.54, 1.807) is 13.0 Å². The van der Waals surface area contributed by atoms with Crippen LogP contribution in [-0.2, 0) is 4.79 Å². The molecule has 0 bridgehead atoms. The normalized spacial score (nSPS) is 14.7. The molecule has 2 unspecified atom stereocenters. The van der Waals surface area contributed by atoms with Crippen LogP contribution in [0.2, 0.25) is 0 Å². The zero-order valence-electron chi connectivity index (χ0n) is 13.9. The SMILES string of the molecule is CCC(C(O)C/C=C\C/C=C\C/C=C\CCCC[C]=O)[N+](=O)[O-]. The van der Waals surface area contributed by atoms with Gasteiger partial charge in [-0.1, -0.05) is 43.4 Å². The van der Waals surface area contributed by atoms with Crippen molar-refractivity contribution in [1.29, 1.82) is 0 Å². The summed E-state index contributed by atoms with van der Waals surface area (Å²) in [6.07, 6.45) is 18.7. The lowest BCUT2D eigenvalue weighted by atomic mass is 10.1. The zero-order chi connectivity index (χ0) is 17.3. The molecule has 0 aliphatic carbocycles. The Morgan fingerprint density at radius 1 is 1.09 bits per heavy atom. The van der Waals surface area contributed by atoms with Crippen molar-refractivity contribution in [3.63, 3.8) is 0 Å². The van der Waals surface area contributed by atoms with E-state index in [1.807, 2.05) is 18.4 Å². The van der Waals surface area contributed by atoms with Crippen molar-refractivity contribution >= 4 is 6.29 Å². The highest BCUT2D eigenvalue weighted by molar-refractivity contribution is 5.50. The predicted molar refractivity (Wildman–Crippen MR) is 92.5 cm³/mol. The summed E-state index contributed by atoms with van der Waals surface area (Å²) < 4.78 is 0. The third-order valence-electron chi connectivity index (χ3n) is 3.45. The smallest absolute Gasteiger partial charge is 0.238 e. The Morgan fingerprint density at radius 3 is 2.26 bits per heavy atom. The summed E-state index contributed by atoms with van der Waals surface area (Å²) in [4.78, 5) is 20.3. The molecule has 0 saturated carbocycles. The van der Waals surface area contributed by atoms with E-state index < -0.39 is 17.1 Å². The quantitative estimate of drug-likeness (QED) is 0.227. The molecule has 2 atom stereocenters. The van der Waals surface area contributed by atoms with E-state index in [4.69, 9.17) is 0 Å². The number of aliphatic hydroxyl groups is 1. The third kappa shape index (κ3) is 12.5. The first-order valence-corrected chi connectivity index (χ1v) is 8.25. The van der Waals surface area contributed by atoms with Crippen molar-refractivity contribution in [2.24, 2.45) is 0 Å². The lowest BCUT2D eigenvalue weighted by Crippen LogP contribution is -2.32. The van der Waals surface area contributed by atoms with Gasteiger partial charge in [0.1, 0.15) is 6.10 Å². The monoisotopic (exact) mass is 322 g/mol. The first kappa shape index (κ1) is 21.2. The average Bonchev–Trinajstić information content (AvgIpc) is 2.52. The lowest BCUT2D eigenvalue weighted by Gasteiger charge is -2.12. The van der Waals surface area contributed by atoms with Crippen molar-refractivity contribution in [2.45, 2.75) is 70.4 Å². The summed E-state index contributed by atoms with van der Waals surface area (Å²) in [6, 6.07) is -0.884. The number of rotatable bonds is 14. The molecular weight excluding hydrogens is 294 g/mol. The highest BCUT2D eigenvalue weighted by atomic mass is 16.6. The van der Waals surface area contributed by atoms with E-state index in [-0.39, 0.29) is 0 Å². The number of nitrogens with zero attached hydrogens (tertiary/aromatic N) is 1. The van der Waals surface area contributed by atoms with Crippen molar-refractivity contribution in [1.82, 2.24) is 0 Å². The van der Waals surface area contributed by atoms with Crippen LogP contribution in [0, 0.1) is 10.1 Å². The molecule has 0 aliphatic rings. The number of nitro groups is 1. The molecular formula is C18H28NO4. The van der Waals surface area contributed by atoms with Gasteiger partial charge in [-0.15, -0.1) is 0 Å². The van der Waals surface area contributed by atoms with Gasteiger partial charge in [-0.25, -0.2) is 0 Å². The van der Waals surface area contributed by atoms with Crippen LogP contribution in [0.4, 0.5) is 0 Å². The van der Waals surface area contributed by atoms with Crippen molar-refractivity contribution in [3.8, 4) is 0 Å². The first-order valence-electron chi connectivity index (χ1n) is 8.25. The van der Waals surface area contributed by atoms with Crippen LogP contribution in [0.15, 0.2) is 36.5 Å². The molecule has 1 radical (unpaired) electrons. The van der Waals surface area contributed by atoms with Crippen LogP contribution in [0.25, 0.3) is 0 Å². The van der Waals surface area contributed by atoms with Crippen molar-refractivity contribution in [2.75, 3.05) is 0 Å². The minimum Gasteiger partial charge on any atom is -0.386 e. The van der Waals surface area contributed by atoms with Gasteiger partial charge < -0.3 is 5.11 Å². The second-order valence-corrected chi connectivity index (χ2v) is 5.34. The largest absolute Gasteiger partial charge is 0.386 e. The molecule has 23 heavy (non-hydrogen) atoms. The van der Waals surface area contributed by atoms with Crippen LogP contribution >= 0.6 is 0 Å². The summed E-state index contributed by atoms with van der Waals surface area (Å²) in [5.41, 5.74) is 0. The molecule has 0 spiro atoms. The van der Waals surface area contributed by atoms with Gasteiger partial charge in [0, 0.05) is 17.8 Å². The van der Waals surface area contributed by atoms with E-state index in [2.05, 4.69) is 18.2 Å². The molecule has 0 aromatic heterocycles. The topological polar surface area (TPSA) is 80.4 Å². The van der Waals surface area contributed by atoms with Crippen molar-refractivity contribution in [3.05, 3.63) is 46.6 Å². The lowest BCUT2D eigenvalue weighted by molar-refractivity contribution is -0.534. The predicted octanol–water partition coefficient (Wildman–Crippen LogP) is 3.91. The molecule has 0 saturated heterocycles. The second kappa shape index (κ2) is 15.2. The Hall–Kier alpha value is -1.75. The molecule has 0 rings (SSSR count). The number of allylic oxidation sites excluding steroid dienone is 5. The van der Waals surface area contributed by atoms with Gasteiger partial charge in [0.2, 0.25) is 6.04 Å². The van der Waals surface area contributed by atoms with Crippen LogP contribution in [0.1, 0.15) is 58.3 Å².